The van der Waals surface area contributed by atoms with E-state index in [-0.39, 0.29) is 6.42 Å². The van der Waals surface area contributed by atoms with E-state index in [0.29, 0.717) is 12.1 Å². The molecule has 0 aliphatic heterocycles. The highest BCUT2D eigenvalue weighted by atomic mass is 16.3. The number of hydrogen-bond donors (Lipinski definition) is 3. The maximum absolute atomic E-state index is 12.2. The van der Waals surface area contributed by atoms with Gasteiger partial charge in [0.2, 0.25) is 11.8 Å². The number of nitrogens with one attached hydrogen (secondary N) is 1. The highest BCUT2D eigenvalue weighted by molar-refractivity contribution is 6.05. The second-order valence-electron chi connectivity index (χ2n) is 5.54. The number of hydrogen-bond acceptors (Lipinski definition) is 3. The Morgan fingerprint density at radius 3 is 2.21 bits per heavy atom. The lowest BCUT2D eigenvalue weighted by atomic mass is 9.96. The van der Waals surface area contributed by atoms with Gasteiger partial charge in [-0.25, -0.2) is 0 Å². The van der Waals surface area contributed by atoms with Crippen LogP contribution in [0, 0.1) is 12.3 Å². The number of carbonyl (C=O) groups is 2. The molecule has 0 aromatic heterocycles. The van der Waals surface area contributed by atoms with Crippen LogP contribution in [0.15, 0.2) is 60.7 Å². The van der Waals surface area contributed by atoms with Crippen molar-refractivity contribution < 1.29 is 14.7 Å². The molecule has 24 heavy (non-hydrogen) atoms. The molecule has 0 fully saturated rings. The first-order chi connectivity index (χ1) is 11.6. The molecule has 2 rings (SSSR count). The summed E-state index contributed by atoms with van der Waals surface area (Å²) in [5, 5.41) is 12.7. The molecule has 5 heteroatoms. The van der Waals surface area contributed by atoms with Gasteiger partial charge in [0, 0.05) is 5.69 Å². The minimum Gasteiger partial charge on any atom is -0.393 e. The van der Waals surface area contributed by atoms with E-state index in [0.717, 1.165) is 5.56 Å². The maximum Gasteiger partial charge on any atom is 0.237 e. The van der Waals surface area contributed by atoms with Gasteiger partial charge >= 0.3 is 0 Å². The Balaban J connectivity index is 1.90. The van der Waals surface area contributed by atoms with Crippen molar-refractivity contribution >= 4 is 17.5 Å². The highest BCUT2D eigenvalue weighted by Gasteiger charge is 2.27. The van der Waals surface area contributed by atoms with Crippen LogP contribution in [0.3, 0.4) is 0 Å². The zero-order valence-corrected chi connectivity index (χ0v) is 13.3. The fourth-order valence-corrected chi connectivity index (χ4v) is 2.33. The van der Waals surface area contributed by atoms with Gasteiger partial charge < -0.3 is 16.2 Å². The van der Waals surface area contributed by atoms with Crippen LogP contribution < -0.4 is 11.1 Å². The number of nitrogens with two attached hydrogens (primary N) is 1. The number of carbonyl (C=O) groups excluding carboxylic acids is 2. The second-order valence-corrected chi connectivity index (χ2v) is 5.54. The Bertz CT molecular complexity index is 659. The van der Waals surface area contributed by atoms with Crippen molar-refractivity contribution in [1.29, 1.82) is 0 Å². The van der Waals surface area contributed by atoms with E-state index in [1.165, 1.54) is 0 Å². The minimum absolute atomic E-state index is 0.0408. The van der Waals surface area contributed by atoms with E-state index >= 15 is 0 Å². The summed E-state index contributed by atoms with van der Waals surface area (Å²) in [5.41, 5.74) is 6.94. The lowest BCUT2D eigenvalue weighted by Crippen LogP contribution is -2.37. The van der Waals surface area contributed by atoms with Crippen molar-refractivity contribution in [2.45, 2.75) is 18.9 Å². The van der Waals surface area contributed by atoms with Gasteiger partial charge in [0.1, 0.15) is 5.92 Å². The third kappa shape index (κ3) is 5.52. The zero-order chi connectivity index (χ0) is 17.4. The molecule has 0 saturated heterocycles. The fourth-order valence-electron chi connectivity index (χ4n) is 2.33. The number of para-hydroxylation sites is 1. The van der Waals surface area contributed by atoms with Gasteiger partial charge in [-0.1, -0.05) is 48.5 Å². The number of anilines is 1. The van der Waals surface area contributed by atoms with Gasteiger partial charge in [-0.2, -0.15) is 0 Å². The quantitative estimate of drug-likeness (QED) is 0.647. The van der Waals surface area contributed by atoms with E-state index < -0.39 is 23.8 Å². The largest absolute Gasteiger partial charge is 0.393 e. The summed E-state index contributed by atoms with van der Waals surface area (Å²) in [5.74, 6) is -2.36. The van der Waals surface area contributed by atoms with Crippen LogP contribution in [0.25, 0.3) is 0 Å². The van der Waals surface area contributed by atoms with Gasteiger partial charge in [-0.05, 0) is 37.0 Å². The van der Waals surface area contributed by atoms with Gasteiger partial charge in [0.25, 0.3) is 0 Å². The van der Waals surface area contributed by atoms with Crippen molar-refractivity contribution in [3.05, 3.63) is 72.6 Å². The summed E-state index contributed by atoms with van der Waals surface area (Å²) in [6.07, 6.45) is 1.28. The Morgan fingerprint density at radius 1 is 1.04 bits per heavy atom. The fraction of sp³-hybridized carbons (Fsp3) is 0.211. The third-order valence-electron chi connectivity index (χ3n) is 3.65. The van der Waals surface area contributed by atoms with Crippen LogP contribution in [0.4, 0.5) is 5.69 Å². The minimum atomic E-state index is -1.09. The number of benzene rings is 2. The van der Waals surface area contributed by atoms with E-state index in [4.69, 9.17) is 5.73 Å². The number of rotatable bonds is 8. The standard InChI is InChI=1S/C19H21N2O3/c20-18(23)17(19(24)21-15-9-5-2-6-10-15)13-16(22)12-11-14-7-3-1-4-8-14/h1-10,12,16-17,22H,11,13H2,(H2,20,23)(H,21,24)/t16-,17+/m0/s1. The molecule has 0 bridgehead atoms. The van der Waals surface area contributed by atoms with Crippen molar-refractivity contribution in [3.8, 4) is 0 Å². The van der Waals surface area contributed by atoms with Crippen molar-refractivity contribution in [1.82, 2.24) is 0 Å². The Labute approximate surface area is 141 Å². The van der Waals surface area contributed by atoms with Crippen LogP contribution in [0.1, 0.15) is 12.0 Å². The molecule has 2 aromatic carbocycles. The predicted molar refractivity (Wildman–Crippen MR) is 92.8 cm³/mol. The smallest absolute Gasteiger partial charge is 0.237 e. The topological polar surface area (TPSA) is 92.4 Å². The summed E-state index contributed by atoms with van der Waals surface area (Å²) in [4.78, 5) is 23.8. The van der Waals surface area contributed by atoms with Crippen LogP contribution >= 0.6 is 0 Å². The number of aliphatic hydroxyl groups is 1. The van der Waals surface area contributed by atoms with E-state index in [1.807, 2.05) is 36.4 Å². The molecule has 2 atom stereocenters. The van der Waals surface area contributed by atoms with Crippen LogP contribution in [0.5, 0.6) is 0 Å². The highest BCUT2D eigenvalue weighted by Crippen LogP contribution is 2.15. The molecule has 0 aliphatic rings. The summed E-state index contributed by atoms with van der Waals surface area (Å²) in [7, 11) is 0. The third-order valence-corrected chi connectivity index (χ3v) is 3.65. The first-order valence-electron chi connectivity index (χ1n) is 7.77. The maximum atomic E-state index is 12.2. The number of primary amides is 1. The Morgan fingerprint density at radius 2 is 1.62 bits per heavy atom. The SMILES string of the molecule is NC(=O)[C@@H](C[C@@H](O)[CH]Cc1ccccc1)C(=O)Nc1ccccc1. The summed E-state index contributed by atoms with van der Waals surface area (Å²) >= 11 is 0. The lowest BCUT2D eigenvalue weighted by molar-refractivity contribution is -0.131. The number of amides is 2. The monoisotopic (exact) mass is 325 g/mol. The van der Waals surface area contributed by atoms with Crippen LogP contribution in [-0.2, 0) is 16.0 Å². The second kappa shape index (κ2) is 8.84. The van der Waals surface area contributed by atoms with Gasteiger partial charge in [0.15, 0.2) is 0 Å². The average Bonchev–Trinajstić information content (AvgIpc) is 2.59. The van der Waals surface area contributed by atoms with Gasteiger partial charge in [-0.15, -0.1) is 0 Å². The lowest BCUT2D eigenvalue weighted by Gasteiger charge is -2.17. The molecular weight excluding hydrogens is 304 g/mol. The molecule has 0 unspecified atom stereocenters. The predicted octanol–water partition coefficient (Wildman–Crippen LogP) is 1.92. The molecular formula is C19H21N2O3. The zero-order valence-electron chi connectivity index (χ0n) is 13.3. The van der Waals surface area contributed by atoms with Crippen molar-refractivity contribution in [2.75, 3.05) is 5.32 Å². The molecule has 1 radical (unpaired) electrons. The molecule has 0 aliphatic carbocycles. The van der Waals surface area contributed by atoms with Crippen LogP contribution in [-0.4, -0.2) is 23.0 Å². The Kier molecular flexibility index (Phi) is 6.51. The molecule has 0 heterocycles. The summed E-state index contributed by atoms with van der Waals surface area (Å²) in [6.45, 7) is 0. The van der Waals surface area contributed by atoms with E-state index in [2.05, 4.69) is 5.32 Å². The summed E-state index contributed by atoms with van der Waals surface area (Å²) in [6, 6.07) is 18.4. The van der Waals surface area contributed by atoms with E-state index in [9.17, 15) is 14.7 Å². The molecule has 0 saturated carbocycles. The normalized spacial score (nSPS) is 13.0. The molecule has 4 N–H and O–H groups in total. The van der Waals surface area contributed by atoms with Gasteiger partial charge in [0.05, 0.1) is 6.10 Å². The van der Waals surface area contributed by atoms with E-state index in [1.54, 1.807) is 30.7 Å². The molecule has 2 amide bonds. The average molecular weight is 325 g/mol. The first kappa shape index (κ1) is 17.7. The number of aliphatic hydroxyl groups excluding tert-OH is 1. The molecule has 0 spiro atoms. The van der Waals surface area contributed by atoms with Gasteiger partial charge in [-0.3, -0.25) is 9.59 Å². The molecule has 2 aromatic rings. The first-order valence-corrected chi connectivity index (χ1v) is 7.77. The molecule has 5 nitrogen and oxygen atoms in total. The Hall–Kier alpha value is -2.66. The molecule has 125 valence electrons. The van der Waals surface area contributed by atoms with Crippen molar-refractivity contribution in [2.24, 2.45) is 11.7 Å². The van der Waals surface area contributed by atoms with Crippen molar-refractivity contribution in [3.63, 3.8) is 0 Å². The van der Waals surface area contributed by atoms with Crippen LogP contribution in [0.2, 0.25) is 0 Å². The summed E-state index contributed by atoms with van der Waals surface area (Å²) < 4.78 is 0.